The molecule has 2 rings (SSSR count). The van der Waals surface area contributed by atoms with Gasteiger partial charge in [0.25, 0.3) is 0 Å². The number of hydrogen-bond acceptors (Lipinski definition) is 4. The molecule has 3 unspecified atom stereocenters. The summed E-state index contributed by atoms with van der Waals surface area (Å²) in [5, 5.41) is 6.41. The van der Waals surface area contributed by atoms with E-state index in [1.807, 2.05) is 31.3 Å². The molecule has 0 saturated heterocycles. The van der Waals surface area contributed by atoms with Crippen molar-refractivity contribution in [1.82, 2.24) is 10.3 Å². The highest BCUT2D eigenvalue weighted by atomic mass is 16.2. The molecular weight excluding hydrogens is 336 g/mol. The molecule has 0 aliphatic heterocycles. The van der Waals surface area contributed by atoms with Crippen molar-refractivity contribution < 1.29 is 4.79 Å². The predicted molar refractivity (Wildman–Crippen MR) is 112 cm³/mol. The average Bonchev–Trinajstić information content (AvgIpc) is 2.68. The molecule has 27 heavy (non-hydrogen) atoms. The molecule has 0 aliphatic rings. The van der Waals surface area contributed by atoms with Gasteiger partial charge in [-0.15, -0.1) is 0 Å². The lowest BCUT2D eigenvalue weighted by molar-refractivity contribution is -0.117. The fourth-order valence-corrected chi connectivity index (χ4v) is 3.04. The van der Waals surface area contributed by atoms with Crippen molar-refractivity contribution in [3.8, 4) is 0 Å². The number of anilines is 1. The van der Waals surface area contributed by atoms with Crippen molar-refractivity contribution in [3.05, 3.63) is 59.8 Å². The van der Waals surface area contributed by atoms with Crippen LogP contribution < -0.4 is 16.4 Å². The van der Waals surface area contributed by atoms with Gasteiger partial charge in [0.1, 0.15) is 5.82 Å². The van der Waals surface area contributed by atoms with Crippen LogP contribution in [0, 0.1) is 0 Å². The molecule has 5 nitrogen and oxygen atoms in total. The molecule has 2 aromatic rings. The Morgan fingerprint density at radius 3 is 2.48 bits per heavy atom. The van der Waals surface area contributed by atoms with Crippen LogP contribution in [0.5, 0.6) is 0 Å². The van der Waals surface area contributed by atoms with Crippen LogP contribution in [0.3, 0.4) is 0 Å². The Labute approximate surface area is 162 Å². The third-order valence-electron chi connectivity index (χ3n) is 4.71. The number of hydrogen-bond donors (Lipinski definition) is 3. The van der Waals surface area contributed by atoms with Crippen LogP contribution in [0.4, 0.5) is 5.82 Å². The first-order chi connectivity index (χ1) is 13.0. The SMILES string of the molecule is CCCC(N)C(=O)Nc1ccc(CCC(C)NC(C)c2ccccc2)cn1. The molecule has 1 heterocycles. The van der Waals surface area contributed by atoms with E-state index >= 15 is 0 Å². The van der Waals surface area contributed by atoms with Gasteiger partial charge in [0.15, 0.2) is 0 Å². The Kier molecular flexibility index (Phi) is 8.43. The average molecular weight is 369 g/mol. The highest BCUT2D eigenvalue weighted by Gasteiger charge is 2.13. The van der Waals surface area contributed by atoms with Crippen molar-refractivity contribution in [2.75, 3.05) is 5.32 Å². The van der Waals surface area contributed by atoms with Crippen LogP contribution in [-0.4, -0.2) is 23.0 Å². The zero-order chi connectivity index (χ0) is 19.6. The second-order valence-electron chi connectivity index (χ2n) is 7.17. The minimum absolute atomic E-state index is 0.176. The number of nitrogens with zero attached hydrogens (tertiary/aromatic N) is 1. The summed E-state index contributed by atoms with van der Waals surface area (Å²) in [6.45, 7) is 6.40. The third kappa shape index (κ3) is 7.12. The molecule has 5 heteroatoms. The van der Waals surface area contributed by atoms with Gasteiger partial charge in [-0.2, -0.15) is 0 Å². The van der Waals surface area contributed by atoms with E-state index in [4.69, 9.17) is 5.73 Å². The maximum Gasteiger partial charge on any atom is 0.242 e. The Morgan fingerprint density at radius 2 is 1.85 bits per heavy atom. The summed E-state index contributed by atoms with van der Waals surface area (Å²) in [6, 6.07) is 14.6. The first-order valence-corrected chi connectivity index (χ1v) is 9.82. The molecule has 4 N–H and O–H groups in total. The van der Waals surface area contributed by atoms with Crippen molar-refractivity contribution >= 4 is 11.7 Å². The number of carbonyl (C=O) groups is 1. The molecule has 0 radical (unpaired) electrons. The van der Waals surface area contributed by atoms with Gasteiger partial charge in [-0.3, -0.25) is 4.79 Å². The number of pyridine rings is 1. The smallest absolute Gasteiger partial charge is 0.242 e. The molecular formula is C22H32N4O. The van der Waals surface area contributed by atoms with Gasteiger partial charge < -0.3 is 16.4 Å². The highest BCUT2D eigenvalue weighted by Crippen LogP contribution is 2.14. The standard InChI is InChI=1S/C22H32N4O/c1-4-8-20(23)22(27)26-21-14-13-18(15-24-21)12-11-16(2)25-17(3)19-9-6-5-7-10-19/h5-7,9-10,13-17,20,25H,4,8,11-12,23H2,1-3H3,(H,24,26,27). The second kappa shape index (κ2) is 10.8. The Balaban J connectivity index is 1.78. The van der Waals surface area contributed by atoms with Gasteiger partial charge in [-0.25, -0.2) is 4.98 Å². The second-order valence-corrected chi connectivity index (χ2v) is 7.17. The minimum atomic E-state index is -0.477. The zero-order valence-electron chi connectivity index (χ0n) is 16.6. The first-order valence-electron chi connectivity index (χ1n) is 9.82. The molecule has 1 aromatic carbocycles. The Hall–Kier alpha value is -2.24. The molecule has 146 valence electrons. The van der Waals surface area contributed by atoms with E-state index in [0.29, 0.717) is 24.3 Å². The van der Waals surface area contributed by atoms with Gasteiger partial charge in [0, 0.05) is 18.3 Å². The van der Waals surface area contributed by atoms with Gasteiger partial charge >= 0.3 is 0 Å². The van der Waals surface area contributed by atoms with Gasteiger partial charge in [0.05, 0.1) is 6.04 Å². The van der Waals surface area contributed by atoms with E-state index < -0.39 is 6.04 Å². The Bertz CT molecular complexity index is 687. The summed E-state index contributed by atoms with van der Waals surface area (Å²) in [6.07, 6.45) is 5.35. The van der Waals surface area contributed by atoms with Gasteiger partial charge in [0.2, 0.25) is 5.91 Å². The van der Waals surface area contributed by atoms with E-state index in [9.17, 15) is 4.79 Å². The summed E-state index contributed by atoms with van der Waals surface area (Å²) < 4.78 is 0. The maximum atomic E-state index is 11.9. The summed E-state index contributed by atoms with van der Waals surface area (Å²) >= 11 is 0. The van der Waals surface area contributed by atoms with Crippen molar-refractivity contribution in [3.63, 3.8) is 0 Å². The molecule has 3 atom stereocenters. The number of nitrogens with one attached hydrogen (secondary N) is 2. The molecule has 0 spiro atoms. The number of amides is 1. The summed E-state index contributed by atoms with van der Waals surface area (Å²) in [7, 11) is 0. The van der Waals surface area contributed by atoms with E-state index in [2.05, 4.69) is 53.7 Å². The monoisotopic (exact) mass is 368 g/mol. The quantitative estimate of drug-likeness (QED) is 0.595. The molecule has 0 fully saturated rings. The molecule has 0 aliphatic carbocycles. The van der Waals surface area contributed by atoms with Crippen molar-refractivity contribution in [2.24, 2.45) is 5.73 Å². The normalized spacial score (nSPS) is 14.4. The molecule has 0 saturated carbocycles. The molecule has 1 aromatic heterocycles. The van der Waals surface area contributed by atoms with Crippen LogP contribution >= 0.6 is 0 Å². The largest absolute Gasteiger partial charge is 0.320 e. The van der Waals surface area contributed by atoms with E-state index in [1.165, 1.54) is 5.56 Å². The topological polar surface area (TPSA) is 80.0 Å². The van der Waals surface area contributed by atoms with E-state index in [-0.39, 0.29) is 5.91 Å². The van der Waals surface area contributed by atoms with Crippen LogP contribution in [0.25, 0.3) is 0 Å². The van der Waals surface area contributed by atoms with Crippen LogP contribution in [0.2, 0.25) is 0 Å². The van der Waals surface area contributed by atoms with E-state index in [0.717, 1.165) is 24.8 Å². The highest BCUT2D eigenvalue weighted by molar-refractivity contribution is 5.93. The first kappa shape index (κ1) is 21.1. The third-order valence-corrected chi connectivity index (χ3v) is 4.71. The van der Waals surface area contributed by atoms with Gasteiger partial charge in [-0.05, 0) is 50.3 Å². The number of aromatic nitrogens is 1. The fourth-order valence-electron chi connectivity index (χ4n) is 3.04. The lowest BCUT2D eigenvalue weighted by atomic mass is 10.0. The minimum Gasteiger partial charge on any atom is -0.320 e. The number of aryl methyl sites for hydroxylation is 1. The zero-order valence-corrected chi connectivity index (χ0v) is 16.6. The summed E-state index contributed by atoms with van der Waals surface area (Å²) in [5.41, 5.74) is 8.28. The van der Waals surface area contributed by atoms with E-state index in [1.54, 1.807) is 0 Å². The van der Waals surface area contributed by atoms with Crippen molar-refractivity contribution in [2.45, 2.75) is 64.6 Å². The number of nitrogens with two attached hydrogens (primary N) is 1. The number of benzene rings is 1. The summed E-state index contributed by atoms with van der Waals surface area (Å²) in [5.74, 6) is 0.379. The fraction of sp³-hybridized carbons (Fsp3) is 0.455. The van der Waals surface area contributed by atoms with Crippen LogP contribution in [0.15, 0.2) is 48.7 Å². The maximum absolute atomic E-state index is 11.9. The predicted octanol–water partition coefficient (Wildman–Crippen LogP) is 3.82. The molecule has 0 bridgehead atoms. The Morgan fingerprint density at radius 1 is 1.11 bits per heavy atom. The van der Waals surface area contributed by atoms with Crippen molar-refractivity contribution in [1.29, 1.82) is 0 Å². The van der Waals surface area contributed by atoms with Crippen LogP contribution in [-0.2, 0) is 11.2 Å². The number of rotatable bonds is 10. The lowest BCUT2D eigenvalue weighted by Gasteiger charge is -2.20. The summed E-state index contributed by atoms with van der Waals surface area (Å²) in [4.78, 5) is 16.3. The van der Waals surface area contributed by atoms with Crippen LogP contribution in [0.1, 0.15) is 57.2 Å². The lowest BCUT2D eigenvalue weighted by Crippen LogP contribution is -2.35. The number of carbonyl (C=O) groups excluding carboxylic acids is 1. The molecule has 1 amide bonds. The van der Waals surface area contributed by atoms with Gasteiger partial charge in [-0.1, -0.05) is 49.7 Å².